The average molecular weight is 242 g/mol. The van der Waals surface area contributed by atoms with Gasteiger partial charge in [0.1, 0.15) is 11.5 Å². The lowest BCUT2D eigenvalue weighted by atomic mass is 10.1. The molecule has 0 aliphatic heterocycles. The zero-order chi connectivity index (χ0) is 13.1. The van der Waals surface area contributed by atoms with Crippen LogP contribution in [-0.2, 0) is 0 Å². The van der Waals surface area contributed by atoms with Gasteiger partial charge in [-0.2, -0.15) is 0 Å². The molecule has 3 heteroatoms. The third-order valence-corrected chi connectivity index (χ3v) is 3.11. The number of nitrogen functional groups attached to an aromatic ring is 1. The first-order valence-electron chi connectivity index (χ1n) is 5.93. The van der Waals surface area contributed by atoms with Gasteiger partial charge in [0.05, 0.1) is 0 Å². The molecule has 0 spiro atoms. The van der Waals surface area contributed by atoms with Crippen LogP contribution in [-0.4, -0.2) is 0 Å². The zero-order valence-corrected chi connectivity index (χ0v) is 10.9. The van der Waals surface area contributed by atoms with Crippen LogP contribution in [0, 0.1) is 20.8 Å². The minimum atomic E-state index is 0.811. The first kappa shape index (κ1) is 12.5. The van der Waals surface area contributed by atoms with Gasteiger partial charge in [-0.1, -0.05) is 12.1 Å². The van der Waals surface area contributed by atoms with Crippen molar-refractivity contribution in [1.29, 1.82) is 0 Å². The molecular weight excluding hydrogens is 224 g/mol. The molecular formula is C15H18N2O. The predicted molar refractivity (Wildman–Crippen MR) is 75.0 cm³/mol. The first-order chi connectivity index (χ1) is 8.61. The van der Waals surface area contributed by atoms with Gasteiger partial charge in [-0.05, 0) is 61.7 Å². The molecule has 0 amide bonds. The minimum Gasteiger partial charge on any atom is -0.457 e. The van der Waals surface area contributed by atoms with E-state index in [1.165, 1.54) is 11.1 Å². The van der Waals surface area contributed by atoms with Crippen molar-refractivity contribution in [2.24, 2.45) is 5.84 Å². The van der Waals surface area contributed by atoms with Gasteiger partial charge in [-0.3, -0.25) is 5.84 Å². The largest absolute Gasteiger partial charge is 0.457 e. The molecule has 0 aliphatic carbocycles. The van der Waals surface area contributed by atoms with Gasteiger partial charge in [0.25, 0.3) is 0 Å². The summed E-state index contributed by atoms with van der Waals surface area (Å²) in [6.07, 6.45) is 0. The fourth-order valence-corrected chi connectivity index (χ4v) is 1.82. The van der Waals surface area contributed by atoms with Crippen molar-refractivity contribution < 1.29 is 4.74 Å². The van der Waals surface area contributed by atoms with Crippen molar-refractivity contribution >= 4 is 5.69 Å². The second-order valence-electron chi connectivity index (χ2n) is 4.42. The van der Waals surface area contributed by atoms with Crippen LogP contribution in [0.2, 0.25) is 0 Å². The maximum Gasteiger partial charge on any atom is 0.133 e. The van der Waals surface area contributed by atoms with Crippen molar-refractivity contribution in [2.45, 2.75) is 20.8 Å². The summed E-state index contributed by atoms with van der Waals surface area (Å²) in [6, 6.07) is 11.8. The number of nitrogens with one attached hydrogen (secondary N) is 1. The number of hydrazine groups is 1. The summed E-state index contributed by atoms with van der Waals surface area (Å²) in [5, 5.41) is 0. The van der Waals surface area contributed by atoms with Crippen LogP contribution in [0.4, 0.5) is 5.69 Å². The van der Waals surface area contributed by atoms with E-state index in [1.807, 2.05) is 24.3 Å². The van der Waals surface area contributed by atoms with Crippen LogP contribution in [0.1, 0.15) is 16.7 Å². The lowest BCUT2D eigenvalue weighted by Crippen LogP contribution is -2.06. The molecule has 0 bridgehead atoms. The van der Waals surface area contributed by atoms with E-state index >= 15 is 0 Å². The second-order valence-corrected chi connectivity index (χ2v) is 4.42. The topological polar surface area (TPSA) is 47.3 Å². The van der Waals surface area contributed by atoms with Crippen molar-refractivity contribution in [3.63, 3.8) is 0 Å². The normalized spacial score (nSPS) is 10.2. The molecule has 0 atom stereocenters. The monoisotopic (exact) mass is 242 g/mol. The Hall–Kier alpha value is -2.00. The fraction of sp³-hybridized carbons (Fsp3) is 0.200. The van der Waals surface area contributed by atoms with Gasteiger partial charge in [-0.25, -0.2) is 0 Å². The molecule has 0 saturated heterocycles. The average Bonchev–Trinajstić information content (AvgIpc) is 2.40. The van der Waals surface area contributed by atoms with E-state index < -0.39 is 0 Å². The molecule has 3 N–H and O–H groups in total. The number of hydrogen-bond acceptors (Lipinski definition) is 3. The molecule has 0 fully saturated rings. The van der Waals surface area contributed by atoms with Crippen LogP contribution in [0.25, 0.3) is 0 Å². The summed E-state index contributed by atoms with van der Waals surface area (Å²) >= 11 is 0. The number of ether oxygens (including phenoxy) is 1. The predicted octanol–water partition coefficient (Wildman–Crippen LogP) is 3.69. The molecule has 18 heavy (non-hydrogen) atoms. The summed E-state index contributed by atoms with van der Waals surface area (Å²) in [6.45, 7) is 6.22. The summed E-state index contributed by atoms with van der Waals surface area (Å²) in [5.74, 6) is 7.07. The first-order valence-corrected chi connectivity index (χ1v) is 5.93. The zero-order valence-electron chi connectivity index (χ0n) is 10.9. The molecule has 2 aromatic carbocycles. The van der Waals surface area contributed by atoms with Crippen LogP contribution < -0.4 is 16.0 Å². The summed E-state index contributed by atoms with van der Waals surface area (Å²) in [4.78, 5) is 0. The Bertz CT molecular complexity index is 547. The molecule has 0 aromatic heterocycles. The summed E-state index contributed by atoms with van der Waals surface area (Å²) in [5.41, 5.74) is 7.00. The molecule has 94 valence electrons. The van der Waals surface area contributed by atoms with E-state index in [-0.39, 0.29) is 0 Å². The highest BCUT2D eigenvalue weighted by atomic mass is 16.5. The Balaban J connectivity index is 2.30. The Morgan fingerprint density at radius 2 is 1.50 bits per heavy atom. The van der Waals surface area contributed by atoms with Gasteiger partial charge in [0.2, 0.25) is 0 Å². The van der Waals surface area contributed by atoms with Gasteiger partial charge < -0.3 is 10.2 Å². The standard InChI is InChI=1S/C15H18N2O/c1-10-4-5-11(2)15(12(10)3)18-14-8-6-13(17-16)7-9-14/h4-9,17H,16H2,1-3H3. The molecule has 3 nitrogen and oxygen atoms in total. The second kappa shape index (κ2) is 5.10. The van der Waals surface area contributed by atoms with Crippen molar-refractivity contribution in [3.05, 3.63) is 53.1 Å². The van der Waals surface area contributed by atoms with Gasteiger partial charge in [-0.15, -0.1) is 0 Å². The number of nitrogens with two attached hydrogens (primary N) is 1. The van der Waals surface area contributed by atoms with Crippen LogP contribution in [0.3, 0.4) is 0 Å². The lowest BCUT2D eigenvalue weighted by Gasteiger charge is -2.13. The van der Waals surface area contributed by atoms with Crippen LogP contribution >= 0.6 is 0 Å². The van der Waals surface area contributed by atoms with Crippen molar-refractivity contribution in [2.75, 3.05) is 5.43 Å². The number of benzene rings is 2. The van der Waals surface area contributed by atoms with E-state index in [4.69, 9.17) is 10.6 Å². The number of hydrogen-bond donors (Lipinski definition) is 2. The quantitative estimate of drug-likeness (QED) is 0.637. The Kier molecular flexibility index (Phi) is 3.53. The number of anilines is 1. The fourth-order valence-electron chi connectivity index (χ4n) is 1.82. The molecule has 0 aliphatic rings. The van der Waals surface area contributed by atoms with Crippen molar-refractivity contribution in [1.82, 2.24) is 0 Å². The molecule has 0 saturated carbocycles. The molecule has 2 rings (SSSR count). The summed E-state index contributed by atoms with van der Waals surface area (Å²) in [7, 11) is 0. The van der Waals surface area contributed by atoms with Gasteiger partial charge in [0, 0.05) is 5.69 Å². The Labute approximate surface area is 108 Å². The third kappa shape index (κ3) is 2.46. The Morgan fingerprint density at radius 3 is 2.11 bits per heavy atom. The maximum absolute atomic E-state index is 5.95. The van der Waals surface area contributed by atoms with E-state index in [0.29, 0.717) is 0 Å². The van der Waals surface area contributed by atoms with Gasteiger partial charge in [0.15, 0.2) is 0 Å². The number of rotatable bonds is 3. The van der Waals surface area contributed by atoms with Gasteiger partial charge >= 0.3 is 0 Å². The van der Waals surface area contributed by atoms with Crippen LogP contribution in [0.5, 0.6) is 11.5 Å². The maximum atomic E-state index is 5.95. The molecule has 0 heterocycles. The molecule has 0 unspecified atom stereocenters. The van der Waals surface area contributed by atoms with E-state index in [1.54, 1.807) is 0 Å². The summed E-state index contributed by atoms with van der Waals surface area (Å²) < 4.78 is 5.95. The lowest BCUT2D eigenvalue weighted by molar-refractivity contribution is 0.474. The molecule has 0 radical (unpaired) electrons. The smallest absolute Gasteiger partial charge is 0.133 e. The van der Waals surface area contributed by atoms with E-state index in [9.17, 15) is 0 Å². The SMILES string of the molecule is Cc1ccc(C)c(Oc2ccc(NN)cc2)c1C. The minimum absolute atomic E-state index is 0.811. The third-order valence-electron chi connectivity index (χ3n) is 3.11. The highest BCUT2D eigenvalue weighted by Gasteiger charge is 2.07. The van der Waals surface area contributed by atoms with E-state index in [2.05, 4.69) is 38.3 Å². The Morgan fingerprint density at radius 1 is 0.889 bits per heavy atom. The highest BCUT2D eigenvalue weighted by molar-refractivity contribution is 5.49. The highest BCUT2D eigenvalue weighted by Crippen LogP contribution is 2.30. The molecule has 2 aromatic rings. The van der Waals surface area contributed by atoms with Crippen molar-refractivity contribution in [3.8, 4) is 11.5 Å². The number of aryl methyl sites for hydroxylation is 2. The van der Waals surface area contributed by atoms with E-state index in [0.717, 1.165) is 22.7 Å². The van der Waals surface area contributed by atoms with Crippen LogP contribution in [0.15, 0.2) is 36.4 Å².